The van der Waals surface area contributed by atoms with E-state index in [0.717, 1.165) is 18.4 Å². The number of benzene rings is 1. The lowest BCUT2D eigenvalue weighted by atomic mass is 10.1. The monoisotopic (exact) mass is 217 g/mol. The first-order chi connectivity index (χ1) is 7.84. The number of nitrogens with zero attached hydrogens (tertiary/aromatic N) is 1. The minimum atomic E-state index is -0.217. The molecule has 0 bridgehead atoms. The van der Waals surface area contributed by atoms with E-state index < -0.39 is 0 Å². The van der Waals surface area contributed by atoms with E-state index in [0.29, 0.717) is 0 Å². The Kier molecular flexibility index (Phi) is 2.60. The van der Waals surface area contributed by atoms with Crippen LogP contribution in [0.3, 0.4) is 0 Å². The van der Waals surface area contributed by atoms with Crippen LogP contribution in [-0.2, 0) is 6.42 Å². The molecule has 1 fully saturated rings. The summed E-state index contributed by atoms with van der Waals surface area (Å²) in [5, 5.41) is 9.77. The molecule has 1 heterocycles. The van der Waals surface area contributed by atoms with E-state index in [9.17, 15) is 5.11 Å². The smallest absolute Gasteiger partial charge is 0.0795 e. The average Bonchev–Trinajstić information content (AvgIpc) is 2.72. The predicted molar refractivity (Wildman–Crippen MR) is 65.8 cm³/mol. The number of aliphatic hydroxyl groups excluding tert-OH is 1. The van der Waals surface area contributed by atoms with Gasteiger partial charge in [-0.3, -0.25) is 0 Å². The molecule has 1 aromatic carbocycles. The van der Waals surface area contributed by atoms with Gasteiger partial charge in [-0.1, -0.05) is 6.07 Å². The van der Waals surface area contributed by atoms with Crippen molar-refractivity contribution < 1.29 is 5.11 Å². The van der Waals surface area contributed by atoms with Gasteiger partial charge in [-0.25, -0.2) is 0 Å². The SMILES string of the molecule is OC1CCc2cc(N3CCCCC3)ccc21. The molecule has 0 amide bonds. The van der Waals surface area contributed by atoms with Crippen molar-refractivity contribution in [3.8, 4) is 0 Å². The molecule has 2 aliphatic rings. The summed E-state index contributed by atoms with van der Waals surface area (Å²) in [5.74, 6) is 0. The highest BCUT2D eigenvalue weighted by atomic mass is 16.3. The van der Waals surface area contributed by atoms with E-state index in [2.05, 4.69) is 23.1 Å². The Labute approximate surface area is 96.9 Å². The Morgan fingerprint density at radius 3 is 2.75 bits per heavy atom. The summed E-state index contributed by atoms with van der Waals surface area (Å²) in [4.78, 5) is 2.48. The number of aliphatic hydroxyl groups is 1. The second-order valence-corrected chi connectivity index (χ2v) is 4.99. The molecule has 1 unspecified atom stereocenters. The van der Waals surface area contributed by atoms with Gasteiger partial charge in [0.05, 0.1) is 6.10 Å². The maximum Gasteiger partial charge on any atom is 0.0795 e. The summed E-state index contributed by atoms with van der Waals surface area (Å²) in [7, 11) is 0. The van der Waals surface area contributed by atoms with Gasteiger partial charge < -0.3 is 10.0 Å². The van der Waals surface area contributed by atoms with E-state index in [1.807, 2.05) is 0 Å². The van der Waals surface area contributed by atoms with Crippen LogP contribution < -0.4 is 4.90 Å². The molecule has 0 radical (unpaired) electrons. The summed E-state index contributed by atoms with van der Waals surface area (Å²) in [6.45, 7) is 2.39. The van der Waals surface area contributed by atoms with Crippen LogP contribution in [0.5, 0.6) is 0 Å². The van der Waals surface area contributed by atoms with Gasteiger partial charge in [0.25, 0.3) is 0 Å². The van der Waals surface area contributed by atoms with Crippen molar-refractivity contribution in [2.45, 2.75) is 38.2 Å². The summed E-state index contributed by atoms with van der Waals surface area (Å²) in [6, 6.07) is 6.59. The molecular weight excluding hydrogens is 198 g/mol. The first kappa shape index (κ1) is 10.2. The topological polar surface area (TPSA) is 23.5 Å². The zero-order valence-electron chi connectivity index (χ0n) is 9.65. The highest BCUT2D eigenvalue weighted by molar-refractivity contribution is 5.53. The third kappa shape index (κ3) is 1.71. The van der Waals surface area contributed by atoms with E-state index >= 15 is 0 Å². The number of hydrogen-bond acceptors (Lipinski definition) is 2. The van der Waals surface area contributed by atoms with Crippen molar-refractivity contribution in [2.24, 2.45) is 0 Å². The van der Waals surface area contributed by atoms with Gasteiger partial charge in [0.15, 0.2) is 0 Å². The van der Waals surface area contributed by atoms with Crippen LogP contribution in [0.15, 0.2) is 18.2 Å². The van der Waals surface area contributed by atoms with Gasteiger partial charge in [0.2, 0.25) is 0 Å². The fourth-order valence-electron chi connectivity index (χ4n) is 2.93. The summed E-state index contributed by atoms with van der Waals surface area (Å²) in [6.07, 6.45) is 5.74. The molecule has 1 atom stereocenters. The lowest BCUT2D eigenvalue weighted by Crippen LogP contribution is -2.29. The molecule has 0 aromatic heterocycles. The maximum atomic E-state index is 9.77. The quantitative estimate of drug-likeness (QED) is 0.781. The van der Waals surface area contributed by atoms with Gasteiger partial charge >= 0.3 is 0 Å². The van der Waals surface area contributed by atoms with Gasteiger partial charge in [-0.05, 0) is 55.4 Å². The lowest BCUT2D eigenvalue weighted by molar-refractivity contribution is 0.180. The molecule has 2 nitrogen and oxygen atoms in total. The van der Waals surface area contributed by atoms with Crippen LogP contribution in [0, 0.1) is 0 Å². The third-order valence-electron chi connectivity index (χ3n) is 3.89. The minimum Gasteiger partial charge on any atom is -0.388 e. The van der Waals surface area contributed by atoms with Crippen LogP contribution in [0.25, 0.3) is 0 Å². The molecule has 0 spiro atoms. The third-order valence-corrected chi connectivity index (χ3v) is 3.89. The molecule has 1 N–H and O–H groups in total. The number of aryl methyl sites for hydroxylation is 1. The number of fused-ring (bicyclic) bond motifs is 1. The highest BCUT2D eigenvalue weighted by Crippen LogP contribution is 2.34. The second kappa shape index (κ2) is 4.10. The zero-order valence-corrected chi connectivity index (χ0v) is 9.65. The number of piperidine rings is 1. The summed E-state index contributed by atoms with van der Waals surface area (Å²) < 4.78 is 0. The standard InChI is InChI=1S/C14H19NO/c16-14-7-4-11-10-12(5-6-13(11)14)15-8-2-1-3-9-15/h5-6,10,14,16H,1-4,7-9H2. The minimum absolute atomic E-state index is 0.217. The average molecular weight is 217 g/mol. The first-order valence-electron chi connectivity index (χ1n) is 6.40. The fraction of sp³-hybridized carbons (Fsp3) is 0.571. The molecule has 1 aliphatic carbocycles. The first-order valence-corrected chi connectivity index (χ1v) is 6.40. The molecule has 16 heavy (non-hydrogen) atoms. The normalized spacial score (nSPS) is 24.6. The lowest BCUT2D eigenvalue weighted by Gasteiger charge is -2.29. The van der Waals surface area contributed by atoms with Crippen LogP contribution in [0.2, 0.25) is 0 Å². The molecule has 1 aromatic rings. The molecule has 0 saturated carbocycles. The molecule has 1 saturated heterocycles. The van der Waals surface area contributed by atoms with Crippen LogP contribution >= 0.6 is 0 Å². The Bertz CT molecular complexity index is 382. The Morgan fingerprint density at radius 2 is 1.94 bits per heavy atom. The van der Waals surface area contributed by atoms with E-state index in [1.165, 1.54) is 43.6 Å². The van der Waals surface area contributed by atoms with Crippen molar-refractivity contribution >= 4 is 5.69 Å². The number of hydrogen-bond donors (Lipinski definition) is 1. The van der Waals surface area contributed by atoms with Crippen LogP contribution in [0.1, 0.15) is 42.9 Å². The molecule has 86 valence electrons. The van der Waals surface area contributed by atoms with E-state index in [4.69, 9.17) is 0 Å². The largest absolute Gasteiger partial charge is 0.388 e. The van der Waals surface area contributed by atoms with Crippen LogP contribution in [0.4, 0.5) is 5.69 Å². The predicted octanol–water partition coefficient (Wildman–Crippen LogP) is 2.66. The molecular formula is C14H19NO. The molecule has 1 aliphatic heterocycles. The van der Waals surface area contributed by atoms with Crippen LogP contribution in [-0.4, -0.2) is 18.2 Å². The van der Waals surface area contributed by atoms with Crippen molar-refractivity contribution in [3.05, 3.63) is 29.3 Å². The maximum absolute atomic E-state index is 9.77. The van der Waals surface area contributed by atoms with Crippen molar-refractivity contribution in [1.29, 1.82) is 0 Å². The van der Waals surface area contributed by atoms with Gasteiger partial charge in [0, 0.05) is 18.8 Å². The van der Waals surface area contributed by atoms with Gasteiger partial charge in [0.1, 0.15) is 0 Å². The Balaban J connectivity index is 1.86. The Hall–Kier alpha value is -1.02. The van der Waals surface area contributed by atoms with E-state index in [1.54, 1.807) is 0 Å². The molecule has 3 rings (SSSR count). The zero-order chi connectivity index (χ0) is 11.0. The van der Waals surface area contributed by atoms with Gasteiger partial charge in [-0.15, -0.1) is 0 Å². The fourth-order valence-corrected chi connectivity index (χ4v) is 2.93. The number of anilines is 1. The summed E-state index contributed by atoms with van der Waals surface area (Å²) >= 11 is 0. The Morgan fingerprint density at radius 1 is 1.12 bits per heavy atom. The van der Waals surface area contributed by atoms with Crippen molar-refractivity contribution in [2.75, 3.05) is 18.0 Å². The van der Waals surface area contributed by atoms with E-state index in [-0.39, 0.29) is 6.10 Å². The number of rotatable bonds is 1. The van der Waals surface area contributed by atoms with Crippen molar-refractivity contribution in [1.82, 2.24) is 0 Å². The van der Waals surface area contributed by atoms with Gasteiger partial charge in [-0.2, -0.15) is 0 Å². The van der Waals surface area contributed by atoms with Crippen molar-refractivity contribution in [3.63, 3.8) is 0 Å². The highest BCUT2D eigenvalue weighted by Gasteiger charge is 2.21. The summed E-state index contributed by atoms with van der Waals surface area (Å²) in [5.41, 5.74) is 3.86. The molecule has 2 heteroatoms. The second-order valence-electron chi connectivity index (χ2n) is 4.99.